The van der Waals surface area contributed by atoms with Crippen molar-refractivity contribution in [2.45, 2.75) is 25.4 Å². The van der Waals surface area contributed by atoms with E-state index in [9.17, 15) is 0 Å². The van der Waals surface area contributed by atoms with Crippen molar-refractivity contribution in [1.82, 2.24) is 9.80 Å². The van der Waals surface area contributed by atoms with Crippen LogP contribution in [-0.4, -0.2) is 43.0 Å². The largest absolute Gasteiger partial charge is 0.398 e. The number of hydrogen-bond donors (Lipinski definition) is 1. The van der Waals surface area contributed by atoms with Crippen LogP contribution in [0.5, 0.6) is 0 Å². The van der Waals surface area contributed by atoms with Crippen molar-refractivity contribution in [1.29, 1.82) is 0 Å². The van der Waals surface area contributed by atoms with Crippen LogP contribution in [0.1, 0.15) is 18.4 Å². The molecule has 4 heteroatoms. The zero-order valence-electron chi connectivity index (χ0n) is 11.2. The number of halogens is 1. The van der Waals surface area contributed by atoms with Gasteiger partial charge in [-0.2, -0.15) is 0 Å². The minimum Gasteiger partial charge on any atom is -0.398 e. The van der Waals surface area contributed by atoms with E-state index in [4.69, 9.17) is 5.73 Å². The second kappa shape index (κ2) is 6.04. The number of rotatable bonds is 3. The molecular formula is C14H22BrN3. The third-order valence-corrected chi connectivity index (χ3v) is 4.37. The van der Waals surface area contributed by atoms with Crippen LogP contribution >= 0.6 is 15.9 Å². The van der Waals surface area contributed by atoms with E-state index < -0.39 is 0 Å². The van der Waals surface area contributed by atoms with Gasteiger partial charge in [0.2, 0.25) is 0 Å². The lowest BCUT2D eigenvalue weighted by molar-refractivity contribution is 0.128. The van der Waals surface area contributed by atoms with E-state index in [1.807, 2.05) is 6.07 Å². The Bertz CT molecular complexity index is 406. The summed E-state index contributed by atoms with van der Waals surface area (Å²) in [5, 5.41) is 0. The number of nitrogen functional groups attached to an aromatic ring is 1. The molecule has 0 radical (unpaired) electrons. The van der Waals surface area contributed by atoms with Gasteiger partial charge in [-0.1, -0.05) is 6.07 Å². The summed E-state index contributed by atoms with van der Waals surface area (Å²) < 4.78 is 1.00. The summed E-state index contributed by atoms with van der Waals surface area (Å²) in [6.45, 7) is 3.38. The van der Waals surface area contributed by atoms with Crippen LogP contribution in [0, 0.1) is 0 Å². The molecule has 18 heavy (non-hydrogen) atoms. The molecular weight excluding hydrogens is 290 g/mol. The average Bonchev–Trinajstić information content (AvgIpc) is 2.34. The number of nitrogens with zero attached hydrogens (tertiary/aromatic N) is 2. The van der Waals surface area contributed by atoms with Crippen LogP contribution < -0.4 is 5.73 Å². The van der Waals surface area contributed by atoms with Gasteiger partial charge in [0.1, 0.15) is 0 Å². The van der Waals surface area contributed by atoms with Gasteiger partial charge in [0.25, 0.3) is 0 Å². The lowest BCUT2D eigenvalue weighted by Gasteiger charge is -2.36. The standard InChI is InChI=1S/C14H22BrN3/c1-17(2)12-4-3-7-18(10-12)9-11-5-6-14(16)13(15)8-11/h5-6,8,12H,3-4,7,9-10,16H2,1-2H3. The van der Waals surface area contributed by atoms with Crippen molar-refractivity contribution in [2.24, 2.45) is 0 Å². The van der Waals surface area contributed by atoms with Crippen LogP contribution in [-0.2, 0) is 6.54 Å². The number of hydrogen-bond acceptors (Lipinski definition) is 3. The van der Waals surface area contributed by atoms with E-state index >= 15 is 0 Å². The lowest BCUT2D eigenvalue weighted by atomic mass is 10.0. The SMILES string of the molecule is CN(C)C1CCCN(Cc2ccc(N)c(Br)c2)C1. The average molecular weight is 312 g/mol. The molecule has 2 rings (SSSR count). The van der Waals surface area contributed by atoms with Gasteiger partial charge in [0, 0.05) is 29.3 Å². The highest BCUT2D eigenvalue weighted by Gasteiger charge is 2.21. The number of likely N-dealkylation sites (tertiary alicyclic amines) is 1. The van der Waals surface area contributed by atoms with Crippen LogP contribution in [0.4, 0.5) is 5.69 Å². The normalized spacial score (nSPS) is 21.4. The van der Waals surface area contributed by atoms with Crippen molar-refractivity contribution in [2.75, 3.05) is 32.9 Å². The minimum atomic E-state index is 0.691. The number of likely N-dealkylation sites (N-methyl/N-ethyl adjacent to an activating group) is 1. The molecule has 1 heterocycles. The highest BCUT2D eigenvalue weighted by molar-refractivity contribution is 9.10. The van der Waals surface area contributed by atoms with Gasteiger partial charge in [0.15, 0.2) is 0 Å². The smallest absolute Gasteiger partial charge is 0.0458 e. The third kappa shape index (κ3) is 3.46. The molecule has 0 bridgehead atoms. The second-order valence-corrected chi connectivity index (χ2v) is 6.20. The fourth-order valence-electron chi connectivity index (χ4n) is 2.52. The Morgan fingerprint density at radius 3 is 2.89 bits per heavy atom. The first kappa shape index (κ1) is 13.8. The molecule has 3 nitrogen and oxygen atoms in total. The van der Waals surface area contributed by atoms with Gasteiger partial charge in [-0.3, -0.25) is 4.90 Å². The maximum Gasteiger partial charge on any atom is 0.0458 e. The van der Waals surface area contributed by atoms with E-state index in [1.54, 1.807) is 0 Å². The highest BCUT2D eigenvalue weighted by Crippen LogP contribution is 2.22. The molecule has 0 aromatic heterocycles. The molecule has 1 saturated heterocycles. The van der Waals surface area contributed by atoms with E-state index in [-0.39, 0.29) is 0 Å². The van der Waals surface area contributed by atoms with E-state index in [2.05, 4.69) is 52.0 Å². The van der Waals surface area contributed by atoms with Crippen molar-refractivity contribution in [3.8, 4) is 0 Å². The Hall–Kier alpha value is -0.580. The second-order valence-electron chi connectivity index (χ2n) is 5.35. The van der Waals surface area contributed by atoms with Gasteiger partial charge in [-0.05, 0) is 67.1 Å². The molecule has 1 aliphatic rings. The Kier molecular flexibility index (Phi) is 4.65. The molecule has 0 saturated carbocycles. The summed E-state index contributed by atoms with van der Waals surface area (Å²) in [6, 6.07) is 6.93. The topological polar surface area (TPSA) is 32.5 Å². The Labute approximate surface area is 118 Å². The maximum atomic E-state index is 5.82. The van der Waals surface area contributed by atoms with Crippen molar-refractivity contribution in [3.63, 3.8) is 0 Å². The van der Waals surface area contributed by atoms with Crippen LogP contribution in [0.3, 0.4) is 0 Å². The van der Waals surface area contributed by atoms with Gasteiger partial charge < -0.3 is 10.6 Å². The number of piperidine rings is 1. The van der Waals surface area contributed by atoms with Crippen molar-refractivity contribution >= 4 is 21.6 Å². The Balaban J connectivity index is 1.98. The van der Waals surface area contributed by atoms with Gasteiger partial charge >= 0.3 is 0 Å². The summed E-state index contributed by atoms with van der Waals surface area (Å²) in [7, 11) is 4.35. The maximum absolute atomic E-state index is 5.82. The molecule has 2 N–H and O–H groups in total. The molecule has 1 atom stereocenters. The summed E-state index contributed by atoms with van der Waals surface area (Å²) >= 11 is 3.49. The number of nitrogens with two attached hydrogens (primary N) is 1. The quantitative estimate of drug-likeness (QED) is 0.871. The fourth-order valence-corrected chi connectivity index (χ4v) is 2.95. The van der Waals surface area contributed by atoms with E-state index in [0.29, 0.717) is 6.04 Å². The van der Waals surface area contributed by atoms with Gasteiger partial charge in [0.05, 0.1) is 0 Å². The molecule has 1 aromatic carbocycles. The monoisotopic (exact) mass is 311 g/mol. The Morgan fingerprint density at radius 2 is 2.22 bits per heavy atom. The molecule has 1 aromatic rings. The molecule has 0 amide bonds. The molecule has 1 aliphatic heterocycles. The van der Waals surface area contributed by atoms with E-state index in [0.717, 1.165) is 23.2 Å². The Morgan fingerprint density at radius 1 is 1.44 bits per heavy atom. The van der Waals surface area contributed by atoms with Crippen molar-refractivity contribution in [3.05, 3.63) is 28.2 Å². The predicted molar refractivity (Wildman–Crippen MR) is 80.5 cm³/mol. The first-order valence-corrected chi connectivity index (χ1v) is 7.28. The summed E-state index contributed by atoms with van der Waals surface area (Å²) in [5.41, 5.74) is 7.95. The predicted octanol–water partition coefficient (Wildman–Crippen LogP) is 2.56. The zero-order chi connectivity index (χ0) is 13.1. The summed E-state index contributed by atoms with van der Waals surface area (Å²) in [4.78, 5) is 4.87. The van der Waals surface area contributed by atoms with E-state index in [1.165, 1.54) is 24.9 Å². The first-order valence-electron chi connectivity index (χ1n) is 6.49. The molecule has 1 unspecified atom stereocenters. The van der Waals surface area contributed by atoms with Gasteiger partial charge in [-0.25, -0.2) is 0 Å². The fraction of sp³-hybridized carbons (Fsp3) is 0.571. The number of anilines is 1. The lowest BCUT2D eigenvalue weighted by Crippen LogP contribution is -2.44. The van der Waals surface area contributed by atoms with Crippen LogP contribution in [0.2, 0.25) is 0 Å². The number of benzene rings is 1. The molecule has 0 aliphatic carbocycles. The van der Waals surface area contributed by atoms with Crippen molar-refractivity contribution < 1.29 is 0 Å². The van der Waals surface area contributed by atoms with Crippen LogP contribution in [0.25, 0.3) is 0 Å². The third-order valence-electron chi connectivity index (χ3n) is 3.68. The zero-order valence-corrected chi connectivity index (χ0v) is 12.8. The first-order chi connectivity index (χ1) is 8.56. The highest BCUT2D eigenvalue weighted by atomic mass is 79.9. The minimum absolute atomic E-state index is 0.691. The summed E-state index contributed by atoms with van der Waals surface area (Å²) in [6.07, 6.45) is 2.61. The van der Waals surface area contributed by atoms with Gasteiger partial charge in [-0.15, -0.1) is 0 Å². The molecule has 0 spiro atoms. The van der Waals surface area contributed by atoms with Crippen LogP contribution in [0.15, 0.2) is 22.7 Å². The molecule has 1 fully saturated rings. The molecule has 100 valence electrons. The summed E-state index contributed by atoms with van der Waals surface area (Å²) in [5.74, 6) is 0.